The maximum Gasteiger partial charge on any atom is 0.349 e. The van der Waals surface area contributed by atoms with Crippen molar-refractivity contribution in [2.75, 3.05) is 6.61 Å². The lowest BCUT2D eigenvalue weighted by Gasteiger charge is -2.11. The van der Waals surface area contributed by atoms with Gasteiger partial charge in [-0.1, -0.05) is 48.5 Å². The molecule has 0 atom stereocenters. The number of carbonyl (C=O) groups excluding carboxylic acids is 1. The van der Waals surface area contributed by atoms with Crippen LogP contribution >= 0.6 is 0 Å². The maximum atomic E-state index is 12.2. The smallest absolute Gasteiger partial charge is 0.349 e. The number of nitrogens with zero attached hydrogens (tertiary/aromatic N) is 4. The molecule has 1 aromatic heterocycles. The molecule has 1 heterocycles. The van der Waals surface area contributed by atoms with Gasteiger partial charge in [-0.25, -0.2) is 9.48 Å². The first-order valence-electron chi connectivity index (χ1n) is 9.07. The van der Waals surface area contributed by atoms with Crippen LogP contribution in [0.1, 0.15) is 11.1 Å². The zero-order chi connectivity index (χ0) is 19.9. The highest BCUT2D eigenvalue weighted by Crippen LogP contribution is 2.22. The minimum Gasteiger partial charge on any atom is -0.482 e. The van der Waals surface area contributed by atoms with Crippen LogP contribution in [-0.4, -0.2) is 32.8 Å². The van der Waals surface area contributed by atoms with E-state index in [-0.39, 0.29) is 6.61 Å². The summed E-state index contributed by atoms with van der Waals surface area (Å²) in [4.78, 5) is 12.2. The van der Waals surface area contributed by atoms with Crippen molar-refractivity contribution in [2.45, 2.75) is 6.42 Å². The fraction of sp³-hybridized carbons (Fsp3) is 0.0909. The van der Waals surface area contributed by atoms with E-state index in [1.807, 2.05) is 42.5 Å². The zero-order valence-corrected chi connectivity index (χ0v) is 15.5. The van der Waals surface area contributed by atoms with Crippen molar-refractivity contribution in [2.24, 2.45) is 0 Å². The zero-order valence-electron chi connectivity index (χ0n) is 15.5. The first kappa shape index (κ1) is 18.4. The van der Waals surface area contributed by atoms with E-state index < -0.39 is 5.97 Å². The fourth-order valence-corrected chi connectivity index (χ4v) is 2.85. The summed E-state index contributed by atoms with van der Waals surface area (Å²) in [7, 11) is 0. The average molecular weight is 386 g/mol. The first-order chi connectivity index (χ1) is 14.3. The summed E-state index contributed by atoms with van der Waals surface area (Å²) in [5, 5.41) is 11.0. The number of carbonyl (C=O) groups is 1. The molecule has 29 heavy (non-hydrogen) atoms. The molecule has 144 valence electrons. The fourth-order valence-electron chi connectivity index (χ4n) is 2.85. The highest BCUT2D eigenvalue weighted by molar-refractivity contribution is 5.74. The molecule has 0 saturated carbocycles. The number of aromatic nitrogens is 4. The molecule has 7 nitrogen and oxygen atoms in total. The van der Waals surface area contributed by atoms with Crippen LogP contribution in [0.5, 0.6) is 11.5 Å². The van der Waals surface area contributed by atoms with Gasteiger partial charge in [0.15, 0.2) is 6.61 Å². The Morgan fingerprint density at radius 2 is 1.66 bits per heavy atom. The van der Waals surface area contributed by atoms with Crippen molar-refractivity contribution in [1.29, 1.82) is 0 Å². The number of para-hydroxylation sites is 1. The Labute approximate surface area is 167 Å². The van der Waals surface area contributed by atoms with Crippen molar-refractivity contribution in [1.82, 2.24) is 20.2 Å². The predicted octanol–water partition coefficient (Wildman–Crippen LogP) is 3.24. The number of tetrazole rings is 1. The number of esters is 1. The van der Waals surface area contributed by atoms with E-state index in [2.05, 4.69) is 27.7 Å². The van der Waals surface area contributed by atoms with Gasteiger partial charge in [0.1, 0.15) is 17.8 Å². The molecule has 0 aliphatic carbocycles. The van der Waals surface area contributed by atoms with Gasteiger partial charge in [0, 0.05) is 6.42 Å². The second kappa shape index (κ2) is 8.79. The van der Waals surface area contributed by atoms with Gasteiger partial charge >= 0.3 is 5.97 Å². The van der Waals surface area contributed by atoms with Gasteiger partial charge in [-0.3, -0.25) is 0 Å². The molecular weight excluding hydrogens is 368 g/mol. The number of hydrogen-bond donors (Lipinski definition) is 0. The van der Waals surface area contributed by atoms with Crippen LogP contribution in [0.4, 0.5) is 0 Å². The van der Waals surface area contributed by atoms with Gasteiger partial charge in [0.25, 0.3) is 0 Å². The average Bonchev–Trinajstić information content (AvgIpc) is 3.29. The largest absolute Gasteiger partial charge is 0.482 e. The molecule has 4 aromatic rings. The minimum atomic E-state index is -0.477. The van der Waals surface area contributed by atoms with Gasteiger partial charge in [-0.15, -0.1) is 5.10 Å². The maximum absolute atomic E-state index is 12.2. The SMILES string of the molecule is O=C(COc1ccccc1Cc1ccccc1)Oc1ccc(-n2cnnn2)cc1. The number of benzene rings is 3. The lowest BCUT2D eigenvalue weighted by molar-refractivity contribution is -0.136. The molecule has 7 heteroatoms. The third-order valence-corrected chi connectivity index (χ3v) is 4.24. The summed E-state index contributed by atoms with van der Waals surface area (Å²) >= 11 is 0. The first-order valence-corrected chi connectivity index (χ1v) is 9.07. The highest BCUT2D eigenvalue weighted by atomic mass is 16.6. The topological polar surface area (TPSA) is 79.1 Å². The molecule has 0 aliphatic heterocycles. The summed E-state index contributed by atoms with van der Waals surface area (Å²) in [5.41, 5.74) is 2.95. The molecule has 0 saturated heterocycles. The Morgan fingerprint density at radius 1 is 0.897 bits per heavy atom. The second-order valence-electron chi connectivity index (χ2n) is 6.28. The van der Waals surface area contributed by atoms with Crippen LogP contribution in [0, 0.1) is 0 Å². The van der Waals surface area contributed by atoms with Gasteiger partial charge < -0.3 is 9.47 Å². The van der Waals surface area contributed by atoms with Gasteiger partial charge in [0.2, 0.25) is 0 Å². The molecule has 3 aromatic carbocycles. The van der Waals surface area contributed by atoms with E-state index in [1.54, 1.807) is 24.3 Å². The van der Waals surface area contributed by atoms with Crippen molar-refractivity contribution >= 4 is 5.97 Å². The second-order valence-corrected chi connectivity index (χ2v) is 6.28. The molecule has 0 amide bonds. The third kappa shape index (κ3) is 4.84. The van der Waals surface area contributed by atoms with Crippen molar-refractivity contribution in [3.05, 3.63) is 96.3 Å². The molecule has 0 bridgehead atoms. The molecule has 0 aliphatic rings. The monoisotopic (exact) mass is 386 g/mol. The standard InChI is InChI=1S/C22H18N4O3/c27-22(29-20-12-10-19(11-13-20)26-16-23-24-25-26)15-28-21-9-5-4-8-18(21)14-17-6-2-1-3-7-17/h1-13,16H,14-15H2. The summed E-state index contributed by atoms with van der Waals surface area (Å²) in [6.45, 7) is -0.180. The lowest BCUT2D eigenvalue weighted by Crippen LogP contribution is -2.18. The van der Waals surface area contributed by atoms with Crippen LogP contribution < -0.4 is 9.47 Å². The van der Waals surface area contributed by atoms with E-state index in [0.29, 0.717) is 11.5 Å². The summed E-state index contributed by atoms with van der Waals surface area (Å²) in [6.07, 6.45) is 2.21. The molecule has 0 N–H and O–H groups in total. The van der Waals surface area contributed by atoms with E-state index in [0.717, 1.165) is 17.7 Å². The molecule has 0 unspecified atom stereocenters. The molecule has 0 spiro atoms. The van der Waals surface area contributed by atoms with Crippen molar-refractivity contribution in [3.8, 4) is 17.2 Å². The normalized spacial score (nSPS) is 10.5. The van der Waals surface area contributed by atoms with E-state index in [1.165, 1.54) is 16.6 Å². The van der Waals surface area contributed by atoms with E-state index in [9.17, 15) is 4.79 Å². The third-order valence-electron chi connectivity index (χ3n) is 4.24. The Bertz CT molecular complexity index is 1060. The molecular formula is C22H18N4O3. The number of hydrogen-bond acceptors (Lipinski definition) is 6. The van der Waals surface area contributed by atoms with Crippen LogP contribution in [-0.2, 0) is 11.2 Å². The number of ether oxygens (including phenoxy) is 2. The van der Waals surface area contributed by atoms with E-state index >= 15 is 0 Å². The van der Waals surface area contributed by atoms with Crippen molar-refractivity contribution < 1.29 is 14.3 Å². The summed E-state index contributed by atoms with van der Waals surface area (Å²) in [5.74, 6) is 0.616. The van der Waals surface area contributed by atoms with Crippen LogP contribution in [0.25, 0.3) is 5.69 Å². The number of rotatable bonds is 7. The predicted molar refractivity (Wildman–Crippen MR) is 106 cm³/mol. The highest BCUT2D eigenvalue weighted by Gasteiger charge is 2.10. The Kier molecular flexibility index (Phi) is 5.57. The van der Waals surface area contributed by atoms with Crippen LogP contribution in [0.3, 0.4) is 0 Å². The lowest BCUT2D eigenvalue weighted by atomic mass is 10.0. The Hall–Kier alpha value is -4.00. The molecule has 0 radical (unpaired) electrons. The van der Waals surface area contributed by atoms with Crippen LogP contribution in [0.2, 0.25) is 0 Å². The summed E-state index contributed by atoms with van der Waals surface area (Å²) in [6, 6.07) is 24.7. The van der Waals surface area contributed by atoms with Gasteiger partial charge in [-0.05, 0) is 51.9 Å². The van der Waals surface area contributed by atoms with Crippen molar-refractivity contribution in [3.63, 3.8) is 0 Å². The van der Waals surface area contributed by atoms with Crippen LogP contribution in [0.15, 0.2) is 85.2 Å². The molecule has 0 fully saturated rings. The molecule has 4 rings (SSSR count). The Balaban J connectivity index is 1.35. The van der Waals surface area contributed by atoms with Gasteiger partial charge in [-0.2, -0.15) is 0 Å². The van der Waals surface area contributed by atoms with E-state index in [4.69, 9.17) is 9.47 Å². The Morgan fingerprint density at radius 3 is 2.41 bits per heavy atom. The summed E-state index contributed by atoms with van der Waals surface area (Å²) < 4.78 is 12.6. The quantitative estimate of drug-likeness (QED) is 0.358. The van der Waals surface area contributed by atoms with Gasteiger partial charge in [0.05, 0.1) is 5.69 Å². The minimum absolute atomic E-state index is 0.180.